The molecule has 0 saturated carbocycles. The van der Waals surface area contributed by atoms with E-state index in [2.05, 4.69) is 41.3 Å². The van der Waals surface area contributed by atoms with Crippen LogP contribution >= 0.6 is 23.6 Å². The van der Waals surface area contributed by atoms with Gasteiger partial charge < -0.3 is 5.32 Å². The van der Waals surface area contributed by atoms with Crippen molar-refractivity contribution in [1.82, 2.24) is 19.7 Å². The summed E-state index contributed by atoms with van der Waals surface area (Å²) in [5.74, 6) is 1.01. The Balaban J connectivity index is 2.04. The highest BCUT2D eigenvalue weighted by atomic mass is 32.1. The average molecular weight is 325 g/mol. The van der Waals surface area contributed by atoms with E-state index in [0.29, 0.717) is 15.8 Å². The Kier molecular flexibility index (Phi) is 5.24. The Labute approximate surface area is 132 Å². The lowest BCUT2D eigenvalue weighted by Crippen LogP contribution is -2.20. The largest absolute Gasteiger partial charge is 0.300 e. The van der Waals surface area contributed by atoms with E-state index >= 15 is 0 Å². The molecule has 0 unspecified atom stereocenters. The maximum Gasteiger partial charge on any atom is 0.246 e. The highest BCUT2D eigenvalue weighted by molar-refractivity contribution is 7.71. The molecule has 8 heteroatoms. The Morgan fingerprint density at radius 1 is 1.57 bits per heavy atom. The summed E-state index contributed by atoms with van der Waals surface area (Å²) < 4.78 is 2.20. The van der Waals surface area contributed by atoms with E-state index in [1.54, 1.807) is 4.57 Å². The standard InChI is InChI=1S/C13H19N5OS2/c1-4-5-10-16-17-13(20)18(10)6-11(19)15-12-14-9(7-21-12)8(2)3/h7-8H,4-6H2,1-3H3,(H,17,20)(H,14,15,19). The van der Waals surface area contributed by atoms with Crippen LogP contribution in [0.1, 0.15) is 44.6 Å². The predicted molar refractivity (Wildman–Crippen MR) is 86.2 cm³/mol. The van der Waals surface area contributed by atoms with Crippen LogP contribution in [0.25, 0.3) is 0 Å². The molecule has 0 bridgehead atoms. The monoisotopic (exact) mass is 325 g/mol. The normalized spacial score (nSPS) is 11.0. The van der Waals surface area contributed by atoms with Crippen LogP contribution in [-0.2, 0) is 17.8 Å². The van der Waals surface area contributed by atoms with E-state index in [0.717, 1.165) is 24.4 Å². The lowest BCUT2D eigenvalue weighted by Gasteiger charge is -2.05. The van der Waals surface area contributed by atoms with E-state index in [1.165, 1.54) is 11.3 Å². The molecule has 0 aliphatic rings. The molecule has 21 heavy (non-hydrogen) atoms. The van der Waals surface area contributed by atoms with E-state index < -0.39 is 0 Å². The van der Waals surface area contributed by atoms with Gasteiger partial charge in [0.05, 0.1) is 5.69 Å². The van der Waals surface area contributed by atoms with Crippen LogP contribution in [0, 0.1) is 4.77 Å². The van der Waals surface area contributed by atoms with E-state index in [9.17, 15) is 4.79 Å². The van der Waals surface area contributed by atoms with Crippen molar-refractivity contribution in [3.8, 4) is 0 Å². The lowest BCUT2D eigenvalue weighted by atomic mass is 10.2. The van der Waals surface area contributed by atoms with Crippen LogP contribution in [0.2, 0.25) is 0 Å². The summed E-state index contributed by atoms with van der Waals surface area (Å²) in [4.78, 5) is 16.5. The zero-order valence-corrected chi connectivity index (χ0v) is 14.0. The molecule has 2 aromatic rings. The minimum atomic E-state index is -0.144. The maximum atomic E-state index is 12.1. The Morgan fingerprint density at radius 2 is 2.33 bits per heavy atom. The number of thiazole rings is 1. The number of aromatic amines is 1. The van der Waals surface area contributed by atoms with Gasteiger partial charge in [-0.15, -0.1) is 11.3 Å². The van der Waals surface area contributed by atoms with Gasteiger partial charge in [0.1, 0.15) is 12.4 Å². The number of hydrogen-bond donors (Lipinski definition) is 2. The maximum absolute atomic E-state index is 12.1. The molecule has 0 atom stereocenters. The number of aryl methyl sites for hydroxylation is 1. The van der Waals surface area contributed by atoms with Gasteiger partial charge in [-0.05, 0) is 24.6 Å². The van der Waals surface area contributed by atoms with Gasteiger partial charge in [-0.1, -0.05) is 20.8 Å². The van der Waals surface area contributed by atoms with Crippen molar-refractivity contribution < 1.29 is 4.79 Å². The second-order valence-electron chi connectivity index (χ2n) is 5.06. The fraction of sp³-hybridized carbons (Fsp3) is 0.538. The quantitative estimate of drug-likeness (QED) is 0.800. The Hall–Kier alpha value is -1.54. The summed E-state index contributed by atoms with van der Waals surface area (Å²) in [5.41, 5.74) is 0.988. The molecule has 2 aromatic heterocycles. The molecular formula is C13H19N5OS2. The van der Waals surface area contributed by atoms with Gasteiger partial charge in [0.15, 0.2) is 9.90 Å². The van der Waals surface area contributed by atoms with Crippen molar-refractivity contribution in [3.05, 3.63) is 21.7 Å². The highest BCUT2D eigenvalue weighted by Gasteiger charge is 2.12. The smallest absolute Gasteiger partial charge is 0.246 e. The molecule has 1 amide bonds. The van der Waals surface area contributed by atoms with Gasteiger partial charge in [0.2, 0.25) is 5.91 Å². The van der Waals surface area contributed by atoms with Crippen LogP contribution < -0.4 is 5.32 Å². The zero-order valence-electron chi connectivity index (χ0n) is 12.3. The van der Waals surface area contributed by atoms with Gasteiger partial charge in [0, 0.05) is 11.8 Å². The molecule has 0 aromatic carbocycles. The third-order valence-electron chi connectivity index (χ3n) is 2.97. The number of anilines is 1. The van der Waals surface area contributed by atoms with E-state index in [-0.39, 0.29) is 12.5 Å². The Bertz CT molecular complexity index is 670. The minimum Gasteiger partial charge on any atom is -0.300 e. The number of H-pyrrole nitrogens is 1. The minimum absolute atomic E-state index is 0.144. The van der Waals surface area contributed by atoms with Crippen molar-refractivity contribution in [1.29, 1.82) is 0 Å². The number of carbonyl (C=O) groups is 1. The first-order valence-corrected chi connectivity index (χ1v) is 8.19. The molecule has 0 saturated heterocycles. The van der Waals surface area contributed by atoms with Gasteiger partial charge >= 0.3 is 0 Å². The van der Waals surface area contributed by atoms with Crippen molar-refractivity contribution >= 4 is 34.6 Å². The number of aromatic nitrogens is 4. The molecule has 114 valence electrons. The third-order valence-corrected chi connectivity index (χ3v) is 4.06. The van der Waals surface area contributed by atoms with Crippen LogP contribution in [0.15, 0.2) is 5.38 Å². The third kappa shape index (κ3) is 3.98. The van der Waals surface area contributed by atoms with Gasteiger partial charge in [-0.2, -0.15) is 5.10 Å². The first-order valence-electron chi connectivity index (χ1n) is 6.90. The molecule has 2 N–H and O–H groups in total. The molecule has 0 radical (unpaired) electrons. The van der Waals surface area contributed by atoms with Crippen molar-refractivity contribution in [3.63, 3.8) is 0 Å². The number of rotatable bonds is 6. The second kappa shape index (κ2) is 6.95. The first kappa shape index (κ1) is 15.8. The van der Waals surface area contributed by atoms with Gasteiger partial charge in [-0.25, -0.2) is 4.98 Å². The van der Waals surface area contributed by atoms with Gasteiger partial charge in [0.25, 0.3) is 0 Å². The summed E-state index contributed by atoms with van der Waals surface area (Å²) in [5, 5.41) is 12.3. The fourth-order valence-corrected chi connectivity index (χ4v) is 2.94. The van der Waals surface area contributed by atoms with E-state index in [1.807, 2.05) is 5.38 Å². The van der Waals surface area contributed by atoms with Crippen LogP contribution in [-0.4, -0.2) is 25.7 Å². The molecule has 0 fully saturated rings. The summed E-state index contributed by atoms with van der Waals surface area (Å²) in [7, 11) is 0. The highest BCUT2D eigenvalue weighted by Crippen LogP contribution is 2.21. The summed E-state index contributed by atoms with van der Waals surface area (Å²) >= 11 is 6.60. The fourth-order valence-electron chi connectivity index (χ4n) is 1.84. The van der Waals surface area contributed by atoms with Gasteiger partial charge in [-0.3, -0.25) is 14.5 Å². The molecule has 0 aliphatic carbocycles. The number of hydrogen-bond acceptors (Lipinski definition) is 5. The summed E-state index contributed by atoms with van der Waals surface area (Å²) in [6.45, 7) is 6.36. The first-order chi connectivity index (χ1) is 10.0. The topological polar surface area (TPSA) is 75.6 Å². The number of carbonyl (C=O) groups excluding carboxylic acids is 1. The zero-order chi connectivity index (χ0) is 15.4. The SMILES string of the molecule is CCCc1n[nH]c(=S)n1CC(=O)Nc1nc(C(C)C)cs1. The van der Waals surface area contributed by atoms with Crippen molar-refractivity contribution in [2.75, 3.05) is 5.32 Å². The van der Waals surface area contributed by atoms with Crippen LogP contribution in [0.4, 0.5) is 5.13 Å². The van der Waals surface area contributed by atoms with Crippen LogP contribution in [0.3, 0.4) is 0 Å². The molecular weight excluding hydrogens is 306 g/mol. The average Bonchev–Trinajstić information content (AvgIpc) is 3.01. The molecule has 6 nitrogen and oxygen atoms in total. The molecule has 2 rings (SSSR count). The van der Waals surface area contributed by atoms with Crippen molar-refractivity contribution in [2.24, 2.45) is 0 Å². The molecule has 0 spiro atoms. The molecule has 2 heterocycles. The van der Waals surface area contributed by atoms with Crippen LogP contribution in [0.5, 0.6) is 0 Å². The van der Waals surface area contributed by atoms with E-state index in [4.69, 9.17) is 12.2 Å². The number of nitrogens with one attached hydrogen (secondary N) is 2. The summed E-state index contributed by atoms with van der Waals surface area (Å²) in [6.07, 6.45) is 1.74. The number of nitrogens with zero attached hydrogens (tertiary/aromatic N) is 3. The second-order valence-corrected chi connectivity index (χ2v) is 6.31. The molecule has 0 aliphatic heterocycles. The summed E-state index contributed by atoms with van der Waals surface area (Å²) in [6, 6.07) is 0. The Morgan fingerprint density at radius 3 is 2.95 bits per heavy atom. The number of amides is 1. The lowest BCUT2D eigenvalue weighted by molar-refractivity contribution is -0.116. The predicted octanol–water partition coefficient (Wildman–Crippen LogP) is 3.11. The van der Waals surface area contributed by atoms with Crippen molar-refractivity contribution in [2.45, 2.75) is 46.1 Å².